The summed E-state index contributed by atoms with van der Waals surface area (Å²) in [6, 6.07) is 6.54. The fourth-order valence-electron chi connectivity index (χ4n) is 2.21. The quantitative estimate of drug-likeness (QED) is 0.883. The third-order valence-corrected chi connectivity index (χ3v) is 3.37. The Morgan fingerprint density at radius 3 is 2.48 bits per heavy atom. The minimum atomic E-state index is -1.08. The summed E-state index contributed by atoms with van der Waals surface area (Å²) in [7, 11) is 0. The molecule has 5 heteroatoms. The third kappa shape index (κ3) is 3.49. The van der Waals surface area contributed by atoms with Gasteiger partial charge in [0, 0.05) is 6.54 Å². The molecule has 1 aromatic carbocycles. The Balaban J connectivity index is 2.03. The second kappa shape index (κ2) is 6.10. The first-order chi connectivity index (χ1) is 9.88. The van der Waals surface area contributed by atoms with Gasteiger partial charge >= 0.3 is 5.97 Å². The van der Waals surface area contributed by atoms with Crippen LogP contribution in [0.4, 0.5) is 4.39 Å². The van der Waals surface area contributed by atoms with Gasteiger partial charge in [-0.1, -0.05) is 12.1 Å². The zero-order valence-corrected chi connectivity index (χ0v) is 12.2. The fourth-order valence-corrected chi connectivity index (χ4v) is 2.21. The molecule has 0 bridgehead atoms. The first-order valence-electron chi connectivity index (χ1n) is 6.70. The van der Waals surface area contributed by atoms with Crippen LogP contribution in [0.5, 0.6) is 0 Å². The zero-order valence-electron chi connectivity index (χ0n) is 12.2. The summed E-state index contributed by atoms with van der Waals surface area (Å²) in [6.07, 6.45) is 0. The summed E-state index contributed by atoms with van der Waals surface area (Å²) in [5.41, 5.74) is 2.21. The lowest BCUT2D eigenvalue weighted by Gasteiger charge is -2.13. The number of furan rings is 1. The molecule has 1 atom stereocenters. The van der Waals surface area contributed by atoms with Crippen LogP contribution in [0.3, 0.4) is 0 Å². The molecule has 1 heterocycles. The standard InChI is InChI=1S/C16H18FNO3/c1-9-6-12(7-10(2)15(9)17)8-18-11(3)13-4-5-14(21-13)16(19)20/h4-7,11,18H,8H2,1-3H3,(H,19,20). The van der Waals surface area contributed by atoms with Gasteiger partial charge in [-0.3, -0.25) is 0 Å². The van der Waals surface area contributed by atoms with Gasteiger partial charge in [-0.05, 0) is 49.6 Å². The first kappa shape index (κ1) is 15.3. The van der Waals surface area contributed by atoms with Crippen LogP contribution in [0.25, 0.3) is 0 Å². The van der Waals surface area contributed by atoms with E-state index in [-0.39, 0.29) is 17.6 Å². The molecule has 1 unspecified atom stereocenters. The minimum absolute atomic E-state index is 0.0767. The summed E-state index contributed by atoms with van der Waals surface area (Å²) >= 11 is 0. The molecule has 2 N–H and O–H groups in total. The van der Waals surface area contributed by atoms with Gasteiger partial charge in [-0.2, -0.15) is 0 Å². The van der Waals surface area contributed by atoms with Crippen molar-refractivity contribution in [3.8, 4) is 0 Å². The van der Waals surface area contributed by atoms with Gasteiger partial charge in [0.1, 0.15) is 11.6 Å². The van der Waals surface area contributed by atoms with Crippen molar-refractivity contribution in [2.24, 2.45) is 0 Å². The maximum atomic E-state index is 13.6. The molecule has 0 amide bonds. The number of benzene rings is 1. The van der Waals surface area contributed by atoms with Gasteiger partial charge in [-0.15, -0.1) is 0 Å². The Morgan fingerprint density at radius 2 is 1.95 bits per heavy atom. The lowest BCUT2D eigenvalue weighted by atomic mass is 10.1. The molecule has 0 fully saturated rings. The highest BCUT2D eigenvalue weighted by molar-refractivity contribution is 5.84. The molecule has 2 rings (SSSR count). The molecule has 2 aromatic rings. The predicted octanol–water partition coefficient (Wildman–Crippen LogP) is 3.58. The number of aromatic carboxylic acids is 1. The second-order valence-corrected chi connectivity index (χ2v) is 5.15. The summed E-state index contributed by atoms with van der Waals surface area (Å²) in [4.78, 5) is 10.8. The van der Waals surface area contributed by atoms with E-state index in [9.17, 15) is 9.18 Å². The average Bonchev–Trinajstić information content (AvgIpc) is 2.92. The molecule has 0 aliphatic rings. The summed E-state index contributed by atoms with van der Waals surface area (Å²) in [6.45, 7) is 5.90. The van der Waals surface area contributed by atoms with Crippen molar-refractivity contribution in [1.29, 1.82) is 0 Å². The summed E-state index contributed by atoms with van der Waals surface area (Å²) in [5.74, 6) is -0.780. The summed E-state index contributed by atoms with van der Waals surface area (Å²) < 4.78 is 18.8. The average molecular weight is 291 g/mol. The zero-order chi connectivity index (χ0) is 15.6. The van der Waals surface area contributed by atoms with E-state index in [4.69, 9.17) is 9.52 Å². The minimum Gasteiger partial charge on any atom is -0.475 e. The number of halogens is 1. The van der Waals surface area contributed by atoms with Crippen molar-refractivity contribution < 1.29 is 18.7 Å². The molecule has 0 spiro atoms. The number of hydrogen-bond donors (Lipinski definition) is 2. The van der Waals surface area contributed by atoms with E-state index in [1.165, 1.54) is 6.07 Å². The predicted molar refractivity (Wildman–Crippen MR) is 76.8 cm³/mol. The number of carboxylic acids is 1. The van der Waals surface area contributed by atoms with Crippen LogP contribution >= 0.6 is 0 Å². The highest BCUT2D eigenvalue weighted by atomic mass is 19.1. The van der Waals surface area contributed by atoms with Gasteiger partial charge in [-0.25, -0.2) is 9.18 Å². The van der Waals surface area contributed by atoms with E-state index in [0.29, 0.717) is 23.4 Å². The molecule has 0 saturated heterocycles. The topological polar surface area (TPSA) is 62.5 Å². The van der Waals surface area contributed by atoms with Crippen LogP contribution in [0.2, 0.25) is 0 Å². The monoisotopic (exact) mass is 291 g/mol. The number of aryl methyl sites for hydroxylation is 2. The third-order valence-electron chi connectivity index (χ3n) is 3.37. The largest absolute Gasteiger partial charge is 0.475 e. The molecule has 0 aliphatic heterocycles. The lowest BCUT2D eigenvalue weighted by molar-refractivity contribution is 0.0659. The maximum Gasteiger partial charge on any atom is 0.371 e. The number of carbonyl (C=O) groups is 1. The van der Waals surface area contributed by atoms with Gasteiger partial charge < -0.3 is 14.8 Å². The van der Waals surface area contributed by atoms with Crippen molar-refractivity contribution in [3.63, 3.8) is 0 Å². The molecule has 112 valence electrons. The summed E-state index contributed by atoms with van der Waals surface area (Å²) in [5, 5.41) is 12.1. The van der Waals surface area contributed by atoms with Gasteiger partial charge in [0.15, 0.2) is 0 Å². The van der Waals surface area contributed by atoms with Crippen LogP contribution < -0.4 is 5.32 Å². The number of hydrogen-bond acceptors (Lipinski definition) is 3. The Hall–Kier alpha value is -2.14. The molecule has 21 heavy (non-hydrogen) atoms. The van der Waals surface area contributed by atoms with E-state index in [0.717, 1.165) is 5.56 Å². The fraction of sp³-hybridized carbons (Fsp3) is 0.312. The normalized spacial score (nSPS) is 12.4. The van der Waals surface area contributed by atoms with E-state index >= 15 is 0 Å². The smallest absolute Gasteiger partial charge is 0.371 e. The first-order valence-corrected chi connectivity index (χ1v) is 6.70. The van der Waals surface area contributed by atoms with Crippen molar-refractivity contribution in [2.45, 2.75) is 33.4 Å². The van der Waals surface area contributed by atoms with Crippen molar-refractivity contribution in [1.82, 2.24) is 5.32 Å². The SMILES string of the molecule is Cc1cc(CNC(C)c2ccc(C(=O)O)o2)cc(C)c1F. The van der Waals surface area contributed by atoms with Crippen LogP contribution in [0, 0.1) is 19.7 Å². The Morgan fingerprint density at radius 1 is 1.33 bits per heavy atom. The Bertz CT molecular complexity index is 640. The highest BCUT2D eigenvalue weighted by Crippen LogP contribution is 2.18. The highest BCUT2D eigenvalue weighted by Gasteiger charge is 2.14. The van der Waals surface area contributed by atoms with Gasteiger partial charge in [0.2, 0.25) is 5.76 Å². The molecule has 0 aliphatic carbocycles. The second-order valence-electron chi connectivity index (χ2n) is 5.15. The van der Waals surface area contributed by atoms with Crippen LogP contribution in [0.15, 0.2) is 28.7 Å². The Kier molecular flexibility index (Phi) is 4.43. The Labute approximate surface area is 122 Å². The number of carboxylic acid groups (broad SMARTS) is 1. The molecule has 0 saturated carbocycles. The maximum absolute atomic E-state index is 13.6. The van der Waals surface area contributed by atoms with Crippen molar-refractivity contribution >= 4 is 5.97 Å². The van der Waals surface area contributed by atoms with Crippen LogP contribution in [-0.2, 0) is 6.54 Å². The van der Waals surface area contributed by atoms with Crippen LogP contribution in [-0.4, -0.2) is 11.1 Å². The van der Waals surface area contributed by atoms with E-state index in [1.807, 2.05) is 6.92 Å². The van der Waals surface area contributed by atoms with Crippen molar-refractivity contribution in [3.05, 3.63) is 58.3 Å². The number of nitrogens with one attached hydrogen (secondary N) is 1. The molecule has 4 nitrogen and oxygen atoms in total. The lowest BCUT2D eigenvalue weighted by Crippen LogP contribution is -2.18. The van der Waals surface area contributed by atoms with Crippen molar-refractivity contribution in [2.75, 3.05) is 0 Å². The molecular formula is C16H18FNO3. The van der Waals surface area contributed by atoms with Gasteiger partial charge in [0.05, 0.1) is 6.04 Å². The van der Waals surface area contributed by atoms with E-state index < -0.39 is 5.97 Å². The molecule has 0 radical (unpaired) electrons. The molecule has 1 aromatic heterocycles. The van der Waals surface area contributed by atoms with E-state index in [1.54, 1.807) is 32.0 Å². The van der Waals surface area contributed by atoms with Gasteiger partial charge in [0.25, 0.3) is 0 Å². The number of rotatable bonds is 5. The van der Waals surface area contributed by atoms with E-state index in [2.05, 4.69) is 5.32 Å². The van der Waals surface area contributed by atoms with Crippen LogP contribution in [0.1, 0.15) is 46.0 Å². The molecular weight excluding hydrogens is 273 g/mol.